The third-order valence-electron chi connectivity index (χ3n) is 18.4. The van der Waals surface area contributed by atoms with Gasteiger partial charge in [0.25, 0.3) is 0 Å². The predicted molar refractivity (Wildman–Crippen MR) is 374 cm³/mol. The summed E-state index contributed by atoms with van der Waals surface area (Å²) in [5.41, 5.74) is 24.5. The van der Waals surface area contributed by atoms with Crippen molar-refractivity contribution in [2.45, 2.75) is 75.0 Å². The third kappa shape index (κ3) is 9.20. The standard InChI is InChI=1S/C83H67N5S/c1-52-23-18-24-53(2)77(52)60-39-43-73-69(48-60)70-49-61(78-54(3)25-19-26-55(78)4)40-44-74(70)87(73)82-84-81(64-31-22-38-68(47-64)89(65-32-12-9-13-33-65,66-34-14-10-15-35-66)67-36-16-11-17-37-67)85-83(86-82)88-75-45-41-62(79-56(5)27-20-28-57(79)6)50-71(75)72-51-63(42-46-76(72)88)80-58(7)29-21-30-59(80)8/h9-51H,1-8H3. The highest BCUT2D eigenvalue weighted by Gasteiger charge is 2.34. The number of aryl methyl sites for hydroxylation is 8. The van der Waals surface area contributed by atoms with Crippen molar-refractivity contribution >= 4 is 53.6 Å². The Balaban J connectivity index is 1.05. The molecule has 15 rings (SSSR count). The van der Waals surface area contributed by atoms with Crippen LogP contribution in [-0.4, -0.2) is 24.1 Å². The Kier molecular flexibility index (Phi) is 13.7. The van der Waals surface area contributed by atoms with Crippen molar-refractivity contribution < 1.29 is 0 Å². The second kappa shape index (κ2) is 22.1. The monoisotopic (exact) mass is 1170 g/mol. The number of aromatic nitrogens is 5. The average molecular weight is 1170 g/mol. The molecule has 0 atom stereocenters. The minimum atomic E-state index is -2.08. The van der Waals surface area contributed by atoms with E-state index in [0.717, 1.165) is 49.2 Å². The fourth-order valence-electron chi connectivity index (χ4n) is 14.4. The molecule has 0 unspecified atom stereocenters. The number of hydrogen-bond donors (Lipinski definition) is 0. The summed E-state index contributed by atoms with van der Waals surface area (Å²) >= 11 is 0. The van der Waals surface area contributed by atoms with Gasteiger partial charge in [-0.1, -0.05) is 164 Å². The molecule has 0 aliphatic rings. The quantitative estimate of drug-likeness (QED) is 0.130. The topological polar surface area (TPSA) is 48.5 Å². The van der Waals surface area contributed by atoms with Crippen LogP contribution in [-0.2, 0) is 0 Å². The summed E-state index contributed by atoms with van der Waals surface area (Å²) in [5.74, 6) is 1.62. The minimum Gasteiger partial charge on any atom is -0.278 e. The Morgan fingerprint density at radius 2 is 0.506 bits per heavy atom. The zero-order valence-corrected chi connectivity index (χ0v) is 52.3. The highest BCUT2D eigenvalue weighted by Crippen LogP contribution is 2.73. The van der Waals surface area contributed by atoms with Crippen molar-refractivity contribution in [3.05, 3.63) is 305 Å². The molecule has 0 fully saturated rings. The summed E-state index contributed by atoms with van der Waals surface area (Å²) in [5, 5.41) is 4.48. The van der Waals surface area contributed by atoms with Gasteiger partial charge in [-0.05, 0) is 241 Å². The van der Waals surface area contributed by atoms with Gasteiger partial charge >= 0.3 is 0 Å². The molecule has 0 aliphatic heterocycles. The van der Waals surface area contributed by atoms with Crippen molar-refractivity contribution in [2.24, 2.45) is 0 Å². The van der Waals surface area contributed by atoms with Crippen molar-refractivity contribution in [1.82, 2.24) is 24.1 Å². The molecule has 0 saturated carbocycles. The average Bonchev–Trinajstić information content (AvgIpc) is 1.89. The summed E-state index contributed by atoms with van der Waals surface area (Å²) in [6, 6.07) is 96.2. The molecule has 430 valence electrons. The number of benzene rings is 12. The first kappa shape index (κ1) is 55.2. The molecule has 0 N–H and O–H groups in total. The molecule has 0 amide bonds. The van der Waals surface area contributed by atoms with Crippen molar-refractivity contribution in [1.29, 1.82) is 0 Å². The van der Waals surface area contributed by atoms with Gasteiger partial charge in [-0.15, -0.1) is 10.0 Å². The summed E-state index contributed by atoms with van der Waals surface area (Å²) in [7, 11) is -2.08. The fraction of sp³-hybridized carbons (Fsp3) is 0.0964. The van der Waals surface area contributed by atoms with Crippen LogP contribution in [0.1, 0.15) is 44.5 Å². The van der Waals surface area contributed by atoms with Gasteiger partial charge in [0.15, 0.2) is 5.82 Å². The zero-order chi connectivity index (χ0) is 60.7. The van der Waals surface area contributed by atoms with Crippen LogP contribution in [0.4, 0.5) is 0 Å². The van der Waals surface area contributed by atoms with E-state index in [2.05, 4.69) is 325 Å². The maximum Gasteiger partial charge on any atom is 0.240 e. The minimum absolute atomic E-state index is 0.525. The van der Waals surface area contributed by atoms with Gasteiger partial charge in [0, 0.05) is 46.7 Å². The van der Waals surface area contributed by atoms with E-state index in [1.165, 1.54) is 109 Å². The summed E-state index contributed by atoms with van der Waals surface area (Å²) < 4.78 is 4.57. The van der Waals surface area contributed by atoms with E-state index in [4.69, 9.17) is 15.0 Å². The van der Waals surface area contributed by atoms with Crippen LogP contribution in [0, 0.1) is 55.4 Å². The Hall–Kier alpha value is -10.4. The van der Waals surface area contributed by atoms with Gasteiger partial charge in [-0.3, -0.25) is 9.13 Å². The summed E-state index contributed by atoms with van der Waals surface area (Å²) in [6.07, 6.45) is 0. The largest absolute Gasteiger partial charge is 0.278 e. The molecule has 12 aromatic carbocycles. The van der Waals surface area contributed by atoms with Crippen LogP contribution in [0.25, 0.3) is 111 Å². The number of hydrogen-bond acceptors (Lipinski definition) is 3. The third-order valence-corrected chi connectivity index (χ3v) is 22.3. The van der Waals surface area contributed by atoms with E-state index in [1.807, 2.05) is 0 Å². The maximum atomic E-state index is 5.80. The molecule has 0 spiro atoms. The second-order valence-electron chi connectivity index (χ2n) is 24.0. The van der Waals surface area contributed by atoms with Crippen LogP contribution in [0.3, 0.4) is 0 Å². The Morgan fingerprint density at radius 3 is 0.798 bits per heavy atom. The van der Waals surface area contributed by atoms with Crippen LogP contribution in [0.15, 0.2) is 280 Å². The van der Waals surface area contributed by atoms with Crippen LogP contribution in [0.5, 0.6) is 0 Å². The molecule has 89 heavy (non-hydrogen) atoms. The number of rotatable bonds is 11. The highest BCUT2D eigenvalue weighted by molar-refractivity contribution is 8.34. The lowest BCUT2D eigenvalue weighted by atomic mass is 9.93. The van der Waals surface area contributed by atoms with E-state index in [1.54, 1.807) is 0 Å². The molecule has 5 nitrogen and oxygen atoms in total. The van der Waals surface area contributed by atoms with E-state index >= 15 is 0 Å². The molecule has 6 heteroatoms. The van der Waals surface area contributed by atoms with Crippen LogP contribution in [0.2, 0.25) is 0 Å². The lowest BCUT2D eigenvalue weighted by Crippen LogP contribution is -2.10. The molecule has 0 aliphatic carbocycles. The molecule has 3 heterocycles. The second-order valence-corrected chi connectivity index (χ2v) is 27.1. The van der Waals surface area contributed by atoms with E-state index in [0.29, 0.717) is 17.7 Å². The lowest BCUT2D eigenvalue weighted by molar-refractivity contribution is 0.892. The predicted octanol–water partition coefficient (Wildman–Crippen LogP) is 22.2. The van der Waals surface area contributed by atoms with Crippen molar-refractivity contribution in [3.63, 3.8) is 0 Å². The number of fused-ring (bicyclic) bond motifs is 6. The smallest absolute Gasteiger partial charge is 0.240 e. The number of nitrogens with zero attached hydrogens (tertiary/aromatic N) is 5. The molecular formula is C83H67N5S. The van der Waals surface area contributed by atoms with E-state index in [9.17, 15) is 0 Å². The van der Waals surface area contributed by atoms with Gasteiger partial charge < -0.3 is 0 Å². The van der Waals surface area contributed by atoms with Gasteiger partial charge in [0.05, 0.1) is 22.1 Å². The Labute approximate surface area is 522 Å². The Morgan fingerprint density at radius 1 is 0.236 bits per heavy atom. The van der Waals surface area contributed by atoms with Gasteiger partial charge in [-0.2, -0.15) is 15.0 Å². The molecule has 0 radical (unpaired) electrons. The fourth-order valence-corrected chi connectivity index (χ4v) is 18.3. The molecule has 15 aromatic rings. The van der Waals surface area contributed by atoms with Crippen molar-refractivity contribution in [3.8, 4) is 67.8 Å². The normalized spacial score (nSPS) is 12.0. The first-order valence-corrected chi connectivity index (χ1v) is 32.4. The SMILES string of the molecule is Cc1cccc(C)c1-c1ccc2c(c1)c1cc(-c3c(C)cccc3C)ccc1n2-c1nc(-c2cccc(S(c3ccccc3)(c3ccccc3)c3ccccc3)c2)nc(-n2c3ccc(-c4c(C)cccc4C)cc3c3cc(-c4c(C)cccc4C)ccc32)n1. The van der Waals surface area contributed by atoms with Crippen molar-refractivity contribution in [2.75, 3.05) is 0 Å². The van der Waals surface area contributed by atoms with Gasteiger partial charge in [-0.25, -0.2) is 0 Å². The molecule has 3 aromatic heterocycles. The molecule has 0 saturated heterocycles. The first-order chi connectivity index (χ1) is 43.4. The lowest BCUT2D eigenvalue weighted by Gasteiger charge is -2.42. The van der Waals surface area contributed by atoms with E-state index < -0.39 is 10.0 Å². The van der Waals surface area contributed by atoms with Gasteiger partial charge in [0.2, 0.25) is 11.9 Å². The van der Waals surface area contributed by atoms with Gasteiger partial charge in [0.1, 0.15) is 0 Å². The van der Waals surface area contributed by atoms with E-state index in [-0.39, 0.29) is 0 Å². The highest BCUT2D eigenvalue weighted by atomic mass is 32.3. The zero-order valence-electron chi connectivity index (χ0n) is 51.5. The van der Waals surface area contributed by atoms with Crippen LogP contribution >= 0.6 is 10.0 Å². The summed E-state index contributed by atoms with van der Waals surface area (Å²) in [4.78, 5) is 22.2. The molecular weight excluding hydrogens is 1100 g/mol. The first-order valence-electron chi connectivity index (χ1n) is 30.7. The van der Waals surface area contributed by atoms with Crippen LogP contribution < -0.4 is 0 Å². The maximum absolute atomic E-state index is 5.80. The summed E-state index contributed by atoms with van der Waals surface area (Å²) in [6.45, 7) is 17.7. The molecule has 0 bridgehead atoms. The Bertz CT molecular complexity index is 4650.